The van der Waals surface area contributed by atoms with Gasteiger partial charge in [-0.25, -0.2) is 14.1 Å². The van der Waals surface area contributed by atoms with Crippen molar-refractivity contribution in [3.8, 4) is 17.2 Å². The minimum absolute atomic E-state index is 0.00102. The number of nitriles is 1. The molecule has 5 fully saturated rings. The lowest BCUT2D eigenvalue weighted by atomic mass is 9.79. The maximum Gasteiger partial charge on any atom is 0.226 e. The van der Waals surface area contributed by atoms with E-state index in [1.807, 2.05) is 23.9 Å². The van der Waals surface area contributed by atoms with Gasteiger partial charge in [0.1, 0.15) is 5.52 Å². The Labute approximate surface area is 286 Å². The number of nitrogens with one attached hydrogen (secondary N) is 1. The second-order valence-electron chi connectivity index (χ2n) is 13.8. The standard InChI is InChI=1S/C36H33Cl2FN8O/c1-18-24-15-29(28-14-22(46-11-10-42-44-46)17-45(28)36(48)19-7-8-19)47(34-21-13-27(34)41-16-21)35(24)25-12-20(4-3-9-40)30(32(39)33(25)43-18)23-5-2-6-26(37)31(23)38/h2,5-6,10-12,15,19,21-22,27-28,34,41H,3-4,7-8,13-14,16-17H2,1H3. The summed E-state index contributed by atoms with van der Waals surface area (Å²) in [5.41, 5.74) is 4.45. The molecule has 3 aromatic heterocycles. The van der Waals surface area contributed by atoms with Gasteiger partial charge < -0.3 is 14.8 Å². The van der Waals surface area contributed by atoms with E-state index in [2.05, 4.69) is 37.2 Å². The van der Waals surface area contributed by atoms with Crippen LogP contribution in [0.5, 0.6) is 0 Å². The number of rotatable bonds is 7. The van der Waals surface area contributed by atoms with Gasteiger partial charge in [-0.05, 0) is 68.7 Å². The van der Waals surface area contributed by atoms with Gasteiger partial charge in [-0.3, -0.25) is 4.79 Å². The second kappa shape index (κ2) is 11.3. The SMILES string of the molecule is Cc1nc2c(F)c(-c3cccc(Cl)c3Cl)c(CCC#N)cc2c2c1cc(C1CC(n3ccnn3)CN1C(=O)C1CC1)n2C1C2CNC1C2. The molecule has 10 rings (SSSR count). The molecule has 2 bridgehead atoms. The Balaban J connectivity index is 1.30. The maximum absolute atomic E-state index is 17.1. The average Bonchev–Trinajstić information content (AvgIpc) is 3.61. The van der Waals surface area contributed by atoms with Crippen molar-refractivity contribution < 1.29 is 9.18 Å². The molecule has 2 aromatic carbocycles. The van der Waals surface area contributed by atoms with Crippen LogP contribution in [0, 0.1) is 35.9 Å². The van der Waals surface area contributed by atoms with Crippen molar-refractivity contribution in [1.29, 1.82) is 5.26 Å². The molecule has 0 radical (unpaired) electrons. The first kappa shape index (κ1) is 30.1. The molecule has 3 aliphatic heterocycles. The van der Waals surface area contributed by atoms with Crippen LogP contribution in [-0.4, -0.2) is 54.5 Å². The molecule has 9 nitrogen and oxygen atoms in total. The molecule has 12 heteroatoms. The number of fused-ring (bicyclic) bond motifs is 4. The molecular weight excluding hydrogens is 650 g/mol. The van der Waals surface area contributed by atoms with Gasteiger partial charge in [0, 0.05) is 71.0 Å². The van der Waals surface area contributed by atoms with Crippen molar-refractivity contribution in [2.24, 2.45) is 11.8 Å². The third kappa shape index (κ3) is 4.51. The first-order valence-electron chi connectivity index (χ1n) is 16.7. The molecule has 5 unspecified atom stereocenters. The first-order chi connectivity index (χ1) is 23.3. The van der Waals surface area contributed by atoms with Crippen LogP contribution in [0.4, 0.5) is 4.39 Å². The summed E-state index contributed by atoms with van der Waals surface area (Å²) in [6.45, 7) is 3.42. The molecular formula is C36H33Cl2FN8O. The number of amides is 1. The summed E-state index contributed by atoms with van der Waals surface area (Å²) in [6, 6.07) is 11.9. The number of aryl methyl sites for hydroxylation is 2. The number of pyridine rings is 1. The van der Waals surface area contributed by atoms with Crippen molar-refractivity contribution in [2.75, 3.05) is 13.1 Å². The summed E-state index contributed by atoms with van der Waals surface area (Å²) in [4.78, 5) is 20.8. The van der Waals surface area contributed by atoms with Crippen LogP contribution in [0.25, 0.3) is 32.9 Å². The van der Waals surface area contributed by atoms with Crippen molar-refractivity contribution in [2.45, 2.75) is 69.6 Å². The highest BCUT2D eigenvalue weighted by Gasteiger charge is 2.51. The van der Waals surface area contributed by atoms with Crippen LogP contribution in [0.2, 0.25) is 10.0 Å². The topological polar surface area (TPSA) is 105 Å². The molecule has 48 heavy (non-hydrogen) atoms. The third-order valence-corrected chi connectivity index (χ3v) is 11.9. The zero-order chi connectivity index (χ0) is 32.8. The molecule has 3 saturated heterocycles. The van der Waals surface area contributed by atoms with Gasteiger partial charge in [0.25, 0.3) is 0 Å². The second-order valence-corrected chi connectivity index (χ2v) is 14.6. The van der Waals surface area contributed by atoms with Crippen molar-refractivity contribution in [3.05, 3.63) is 75.5 Å². The van der Waals surface area contributed by atoms with E-state index in [-0.39, 0.29) is 46.9 Å². The van der Waals surface area contributed by atoms with Gasteiger partial charge in [-0.1, -0.05) is 40.5 Å². The zero-order valence-electron chi connectivity index (χ0n) is 26.3. The van der Waals surface area contributed by atoms with Gasteiger partial charge in [-0.2, -0.15) is 5.26 Å². The summed E-state index contributed by atoms with van der Waals surface area (Å²) in [5.74, 6) is 0.220. The summed E-state index contributed by atoms with van der Waals surface area (Å²) in [6.07, 6.45) is 7.74. The highest BCUT2D eigenvalue weighted by atomic mass is 35.5. The zero-order valence-corrected chi connectivity index (χ0v) is 27.8. The lowest BCUT2D eigenvalue weighted by Crippen LogP contribution is -2.41. The van der Waals surface area contributed by atoms with E-state index in [9.17, 15) is 10.1 Å². The van der Waals surface area contributed by atoms with Crippen LogP contribution in [0.3, 0.4) is 0 Å². The predicted octanol–water partition coefficient (Wildman–Crippen LogP) is 7.12. The molecule has 5 aliphatic rings. The number of benzene rings is 2. The van der Waals surface area contributed by atoms with Gasteiger partial charge >= 0.3 is 0 Å². The summed E-state index contributed by atoms with van der Waals surface area (Å²) in [7, 11) is 0. The molecule has 5 aromatic rings. The highest BCUT2D eigenvalue weighted by Crippen LogP contribution is 2.52. The fourth-order valence-corrected chi connectivity index (χ4v) is 9.00. The summed E-state index contributed by atoms with van der Waals surface area (Å²) >= 11 is 13.1. The van der Waals surface area contributed by atoms with Crippen LogP contribution in [-0.2, 0) is 11.2 Å². The number of aromatic nitrogens is 5. The number of hydrogen-bond donors (Lipinski definition) is 1. The van der Waals surface area contributed by atoms with E-state index in [0.717, 1.165) is 48.1 Å². The van der Waals surface area contributed by atoms with Crippen molar-refractivity contribution in [3.63, 3.8) is 0 Å². The van der Waals surface area contributed by atoms with Crippen LogP contribution >= 0.6 is 23.2 Å². The fourth-order valence-electron chi connectivity index (χ4n) is 8.60. The molecule has 1 N–H and O–H groups in total. The molecule has 5 atom stereocenters. The van der Waals surface area contributed by atoms with Crippen molar-refractivity contribution in [1.82, 2.24) is 34.8 Å². The quantitative estimate of drug-likeness (QED) is 0.196. The lowest BCUT2D eigenvalue weighted by molar-refractivity contribution is -0.133. The molecule has 244 valence electrons. The molecule has 2 aliphatic carbocycles. The molecule has 2 saturated carbocycles. The minimum Gasteiger partial charge on any atom is -0.337 e. The van der Waals surface area contributed by atoms with E-state index >= 15 is 4.39 Å². The lowest BCUT2D eigenvalue weighted by Gasteiger charge is -2.39. The normalized spacial score (nSPS) is 24.8. The summed E-state index contributed by atoms with van der Waals surface area (Å²) < 4.78 is 21.4. The van der Waals surface area contributed by atoms with Gasteiger partial charge in [-0.15, -0.1) is 5.10 Å². The molecule has 0 spiro atoms. The van der Waals surface area contributed by atoms with E-state index in [1.165, 1.54) is 0 Å². The largest absolute Gasteiger partial charge is 0.337 e. The Bertz CT molecular complexity index is 2160. The van der Waals surface area contributed by atoms with E-state index in [0.29, 0.717) is 58.4 Å². The Morgan fingerprint density at radius 2 is 2.04 bits per heavy atom. The van der Waals surface area contributed by atoms with E-state index in [4.69, 9.17) is 28.2 Å². The molecule has 1 amide bonds. The fraction of sp³-hybridized carbons (Fsp3) is 0.417. The number of carbonyl (C=O) groups excluding carboxylic acids is 1. The number of nitrogens with zero attached hydrogens (tertiary/aromatic N) is 7. The number of carbonyl (C=O) groups is 1. The average molecular weight is 684 g/mol. The van der Waals surface area contributed by atoms with Crippen molar-refractivity contribution >= 4 is 50.9 Å². The molecule has 6 heterocycles. The smallest absolute Gasteiger partial charge is 0.226 e. The Morgan fingerprint density at radius 3 is 2.75 bits per heavy atom. The Hall–Kier alpha value is -4.04. The number of halogens is 3. The number of likely N-dealkylation sites (tertiary alicyclic amines) is 1. The predicted molar refractivity (Wildman–Crippen MR) is 181 cm³/mol. The third-order valence-electron chi connectivity index (χ3n) is 11.1. The highest BCUT2D eigenvalue weighted by molar-refractivity contribution is 6.43. The first-order valence-corrected chi connectivity index (χ1v) is 17.5. The van der Waals surface area contributed by atoms with Gasteiger partial charge in [0.15, 0.2) is 5.82 Å². The Morgan fingerprint density at radius 1 is 1.19 bits per heavy atom. The Kier molecular flexibility index (Phi) is 7.05. The minimum atomic E-state index is -0.476. The van der Waals surface area contributed by atoms with Crippen LogP contribution < -0.4 is 5.32 Å². The van der Waals surface area contributed by atoms with Gasteiger partial charge in [0.05, 0.1) is 46.0 Å². The summed E-state index contributed by atoms with van der Waals surface area (Å²) in [5, 5.41) is 23.9. The van der Waals surface area contributed by atoms with E-state index < -0.39 is 5.82 Å². The number of hydrogen-bond acceptors (Lipinski definition) is 6. The van der Waals surface area contributed by atoms with Gasteiger partial charge in [0.2, 0.25) is 5.91 Å². The maximum atomic E-state index is 17.1. The monoisotopic (exact) mass is 682 g/mol. The van der Waals surface area contributed by atoms with Crippen LogP contribution in [0.15, 0.2) is 42.7 Å². The van der Waals surface area contributed by atoms with E-state index in [1.54, 1.807) is 24.4 Å². The van der Waals surface area contributed by atoms with Crippen LogP contribution in [0.1, 0.15) is 67.2 Å².